The average Bonchev–Trinajstić information content (AvgIpc) is 3.33. The maximum Gasteiger partial charge on any atom is 0.255 e. The maximum absolute atomic E-state index is 12.4. The van der Waals surface area contributed by atoms with Gasteiger partial charge in [0, 0.05) is 0 Å². The summed E-state index contributed by atoms with van der Waals surface area (Å²) in [5.74, 6) is 0.0257. The number of nitrogens with two attached hydrogens (primary N) is 1. The molecule has 21 heavy (non-hydrogen) atoms. The van der Waals surface area contributed by atoms with Crippen molar-refractivity contribution in [2.75, 3.05) is 5.73 Å². The van der Waals surface area contributed by atoms with Crippen molar-refractivity contribution in [3.8, 4) is 5.75 Å². The fourth-order valence-electron chi connectivity index (χ4n) is 2.53. The average molecular weight is 282 g/mol. The molecule has 4 nitrogen and oxygen atoms in total. The van der Waals surface area contributed by atoms with E-state index in [1.54, 1.807) is 18.2 Å². The molecule has 1 unspecified atom stereocenters. The van der Waals surface area contributed by atoms with Crippen molar-refractivity contribution < 1.29 is 9.90 Å². The van der Waals surface area contributed by atoms with Crippen LogP contribution in [0.5, 0.6) is 5.75 Å². The van der Waals surface area contributed by atoms with Crippen molar-refractivity contribution in [2.45, 2.75) is 18.9 Å². The lowest BCUT2D eigenvalue weighted by Gasteiger charge is -2.19. The van der Waals surface area contributed by atoms with E-state index in [-0.39, 0.29) is 28.9 Å². The molecule has 0 bridgehead atoms. The van der Waals surface area contributed by atoms with Crippen LogP contribution in [0.3, 0.4) is 0 Å². The van der Waals surface area contributed by atoms with Gasteiger partial charge in [-0.25, -0.2) is 0 Å². The van der Waals surface area contributed by atoms with E-state index in [2.05, 4.69) is 5.32 Å². The summed E-state index contributed by atoms with van der Waals surface area (Å²) in [4.78, 5) is 12.4. The molecule has 0 aliphatic heterocycles. The molecule has 108 valence electrons. The van der Waals surface area contributed by atoms with E-state index in [1.807, 2.05) is 30.3 Å². The molecule has 3 rings (SSSR count). The molecule has 1 amide bonds. The molecule has 2 aromatic carbocycles. The van der Waals surface area contributed by atoms with E-state index >= 15 is 0 Å². The van der Waals surface area contributed by atoms with Gasteiger partial charge in [-0.15, -0.1) is 0 Å². The zero-order valence-corrected chi connectivity index (χ0v) is 11.6. The summed E-state index contributed by atoms with van der Waals surface area (Å²) in [6.45, 7) is 0. The van der Waals surface area contributed by atoms with E-state index in [0.717, 1.165) is 18.4 Å². The van der Waals surface area contributed by atoms with E-state index in [4.69, 9.17) is 5.73 Å². The number of anilines is 1. The minimum Gasteiger partial charge on any atom is -0.505 e. The number of para-hydroxylation sites is 1. The van der Waals surface area contributed by atoms with Crippen LogP contribution in [0.25, 0.3) is 0 Å². The molecule has 4 N–H and O–H groups in total. The predicted octanol–water partition coefficient (Wildman–Crippen LogP) is 2.86. The molecule has 0 radical (unpaired) electrons. The first kappa shape index (κ1) is 13.5. The number of rotatable bonds is 4. The zero-order valence-electron chi connectivity index (χ0n) is 11.6. The highest BCUT2D eigenvalue weighted by atomic mass is 16.3. The minimum absolute atomic E-state index is 0.0143. The quantitative estimate of drug-likeness (QED) is 0.596. The first-order chi connectivity index (χ1) is 10.2. The molecule has 1 fully saturated rings. The highest BCUT2D eigenvalue weighted by Crippen LogP contribution is 2.41. The second kappa shape index (κ2) is 5.48. The van der Waals surface area contributed by atoms with Crippen molar-refractivity contribution in [3.05, 3.63) is 59.7 Å². The summed E-state index contributed by atoms with van der Waals surface area (Å²) >= 11 is 0. The van der Waals surface area contributed by atoms with Gasteiger partial charge in [0.15, 0.2) is 5.75 Å². The summed E-state index contributed by atoms with van der Waals surface area (Å²) in [5.41, 5.74) is 7.17. The second-order valence-electron chi connectivity index (χ2n) is 5.44. The standard InChI is InChI=1S/C17H18N2O2/c18-14-8-4-7-13(16(14)20)17(21)19-15(12-9-10-12)11-5-2-1-3-6-11/h1-8,12,15,20H,9-10,18H2,(H,19,21). The van der Waals surface area contributed by atoms with Gasteiger partial charge in [-0.05, 0) is 36.5 Å². The van der Waals surface area contributed by atoms with Gasteiger partial charge in [0.05, 0.1) is 17.3 Å². The molecule has 0 aromatic heterocycles. The molecule has 4 heteroatoms. The number of carbonyl (C=O) groups excluding carboxylic acids is 1. The van der Waals surface area contributed by atoms with E-state index < -0.39 is 0 Å². The molecule has 2 aromatic rings. The van der Waals surface area contributed by atoms with Gasteiger partial charge in [0.2, 0.25) is 0 Å². The molecule has 0 saturated heterocycles. The molecular formula is C17H18N2O2. The third-order valence-corrected chi connectivity index (χ3v) is 3.85. The number of nitrogens with one attached hydrogen (secondary N) is 1. The summed E-state index contributed by atoms with van der Waals surface area (Å²) < 4.78 is 0. The van der Waals surface area contributed by atoms with Crippen molar-refractivity contribution in [2.24, 2.45) is 5.92 Å². The van der Waals surface area contributed by atoms with Gasteiger partial charge in [-0.1, -0.05) is 36.4 Å². The Morgan fingerprint density at radius 2 is 1.86 bits per heavy atom. The number of nitrogen functional groups attached to an aromatic ring is 1. The van der Waals surface area contributed by atoms with Gasteiger partial charge < -0.3 is 16.2 Å². The fraction of sp³-hybridized carbons (Fsp3) is 0.235. The molecule has 1 saturated carbocycles. The molecule has 1 aliphatic rings. The number of hydrogen-bond acceptors (Lipinski definition) is 3. The molecule has 0 spiro atoms. The first-order valence-electron chi connectivity index (χ1n) is 7.10. The monoisotopic (exact) mass is 282 g/mol. The zero-order chi connectivity index (χ0) is 14.8. The van der Waals surface area contributed by atoms with Crippen LogP contribution >= 0.6 is 0 Å². The Morgan fingerprint density at radius 3 is 2.52 bits per heavy atom. The normalized spacial score (nSPS) is 15.4. The van der Waals surface area contributed by atoms with E-state index in [9.17, 15) is 9.90 Å². The maximum atomic E-state index is 12.4. The molecule has 1 atom stereocenters. The van der Waals surface area contributed by atoms with Crippen LogP contribution in [-0.4, -0.2) is 11.0 Å². The largest absolute Gasteiger partial charge is 0.505 e. The number of carbonyl (C=O) groups is 1. The number of hydrogen-bond donors (Lipinski definition) is 3. The highest BCUT2D eigenvalue weighted by molar-refractivity contribution is 5.98. The number of phenols is 1. The SMILES string of the molecule is Nc1cccc(C(=O)NC(c2ccccc2)C2CC2)c1O. The fourth-order valence-corrected chi connectivity index (χ4v) is 2.53. The Balaban J connectivity index is 1.83. The van der Waals surface area contributed by atoms with Crippen LogP contribution in [0, 0.1) is 5.92 Å². The minimum atomic E-state index is -0.291. The summed E-state index contributed by atoms with van der Waals surface area (Å²) in [5, 5.41) is 12.9. The van der Waals surface area contributed by atoms with Crippen LogP contribution in [0.2, 0.25) is 0 Å². The van der Waals surface area contributed by atoms with Crippen molar-refractivity contribution in [1.29, 1.82) is 0 Å². The van der Waals surface area contributed by atoms with Crippen LogP contribution in [0.1, 0.15) is 34.8 Å². The lowest BCUT2D eigenvalue weighted by Crippen LogP contribution is -2.30. The Kier molecular flexibility index (Phi) is 3.52. The van der Waals surface area contributed by atoms with Gasteiger partial charge in [0.25, 0.3) is 5.91 Å². The molecular weight excluding hydrogens is 264 g/mol. The van der Waals surface area contributed by atoms with Crippen LogP contribution in [0.4, 0.5) is 5.69 Å². The van der Waals surface area contributed by atoms with Gasteiger partial charge in [-0.3, -0.25) is 4.79 Å². The number of phenolic OH excluding ortho intramolecular Hbond substituents is 1. The Hall–Kier alpha value is -2.49. The second-order valence-corrected chi connectivity index (χ2v) is 5.44. The highest BCUT2D eigenvalue weighted by Gasteiger charge is 2.33. The van der Waals surface area contributed by atoms with Gasteiger partial charge in [0.1, 0.15) is 0 Å². The van der Waals surface area contributed by atoms with Gasteiger partial charge in [-0.2, -0.15) is 0 Å². The van der Waals surface area contributed by atoms with Crippen LogP contribution < -0.4 is 11.1 Å². The topological polar surface area (TPSA) is 75.4 Å². The number of aromatic hydroxyl groups is 1. The van der Waals surface area contributed by atoms with E-state index in [1.165, 1.54) is 0 Å². The lowest BCUT2D eigenvalue weighted by atomic mass is 10.0. The Labute approximate surface area is 123 Å². The molecule has 0 heterocycles. The van der Waals surface area contributed by atoms with Crippen molar-refractivity contribution >= 4 is 11.6 Å². The third-order valence-electron chi connectivity index (χ3n) is 3.85. The lowest BCUT2D eigenvalue weighted by molar-refractivity contribution is 0.0929. The Bertz CT molecular complexity index is 651. The first-order valence-corrected chi connectivity index (χ1v) is 7.10. The summed E-state index contributed by atoms with van der Waals surface area (Å²) in [7, 11) is 0. The van der Waals surface area contributed by atoms with Crippen molar-refractivity contribution in [1.82, 2.24) is 5.32 Å². The Morgan fingerprint density at radius 1 is 1.14 bits per heavy atom. The van der Waals surface area contributed by atoms with Crippen LogP contribution in [0.15, 0.2) is 48.5 Å². The van der Waals surface area contributed by atoms with Crippen LogP contribution in [-0.2, 0) is 0 Å². The van der Waals surface area contributed by atoms with Crippen molar-refractivity contribution in [3.63, 3.8) is 0 Å². The van der Waals surface area contributed by atoms with E-state index in [0.29, 0.717) is 5.92 Å². The number of amides is 1. The summed E-state index contributed by atoms with van der Waals surface area (Å²) in [6, 6.07) is 14.7. The molecule has 1 aliphatic carbocycles. The summed E-state index contributed by atoms with van der Waals surface area (Å²) in [6.07, 6.45) is 2.23. The third kappa shape index (κ3) is 2.84. The predicted molar refractivity (Wildman–Crippen MR) is 81.9 cm³/mol. The number of benzene rings is 2. The van der Waals surface area contributed by atoms with Gasteiger partial charge >= 0.3 is 0 Å². The smallest absolute Gasteiger partial charge is 0.255 e.